The van der Waals surface area contributed by atoms with Gasteiger partial charge >= 0.3 is 0 Å². The third-order valence-electron chi connectivity index (χ3n) is 5.24. The molecule has 0 radical (unpaired) electrons. The van der Waals surface area contributed by atoms with Gasteiger partial charge in [-0.05, 0) is 30.9 Å². The summed E-state index contributed by atoms with van der Waals surface area (Å²) in [5.74, 6) is -1.23. The van der Waals surface area contributed by atoms with Crippen molar-refractivity contribution in [2.24, 2.45) is 0 Å². The van der Waals surface area contributed by atoms with Crippen LogP contribution < -0.4 is 0 Å². The average molecular weight is 393 g/mol. The van der Waals surface area contributed by atoms with Crippen LogP contribution in [0.4, 0.5) is 0 Å². The lowest BCUT2D eigenvalue weighted by atomic mass is 9.91. The van der Waals surface area contributed by atoms with Crippen molar-refractivity contribution in [3.05, 3.63) is 82.1 Å². The molecule has 0 saturated carbocycles. The molecule has 5 nitrogen and oxygen atoms in total. The summed E-state index contributed by atoms with van der Waals surface area (Å²) in [5, 5.41) is 20.5. The van der Waals surface area contributed by atoms with Gasteiger partial charge < -0.3 is 15.1 Å². The summed E-state index contributed by atoms with van der Waals surface area (Å²) in [6.45, 7) is 7.69. The maximum atomic E-state index is 13.2. The fraction of sp³-hybridized carbons (Fsp3) is 0.333. The van der Waals surface area contributed by atoms with E-state index in [0.717, 1.165) is 16.7 Å². The number of ketones is 1. The minimum absolute atomic E-state index is 0.0180. The van der Waals surface area contributed by atoms with Crippen molar-refractivity contribution in [1.29, 1.82) is 0 Å². The first-order valence-electron chi connectivity index (χ1n) is 9.84. The fourth-order valence-electron chi connectivity index (χ4n) is 3.63. The maximum absolute atomic E-state index is 13.2. The van der Waals surface area contributed by atoms with Gasteiger partial charge in [0, 0.05) is 12.1 Å². The lowest BCUT2D eigenvalue weighted by Crippen LogP contribution is -2.36. The minimum atomic E-state index is -0.794. The molecule has 5 heteroatoms. The summed E-state index contributed by atoms with van der Waals surface area (Å²) >= 11 is 0. The van der Waals surface area contributed by atoms with Gasteiger partial charge in [0.25, 0.3) is 5.91 Å². The normalized spacial score (nSPS) is 17.9. The van der Waals surface area contributed by atoms with Gasteiger partial charge in [-0.2, -0.15) is 0 Å². The summed E-state index contributed by atoms with van der Waals surface area (Å²) in [5.41, 5.74) is 3.34. The molecular weight excluding hydrogens is 366 g/mol. The van der Waals surface area contributed by atoms with Crippen LogP contribution in [-0.4, -0.2) is 39.5 Å². The Hall–Kier alpha value is -2.92. The van der Waals surface area contributed by atoms with Gasteiger partial charge in [0.15, 0.2) is 11.5 Å². The number of aryl methyl sites for hydroxylation is 1. The summed E-state index contributed by atoms with van der Waals surface area (Å²) in [4.78, 5) is 27.4. The number of aliphatic hydroxyl groups excluding tert-OH is 2. The van der Waals surface area contributed by atoms with Crippen molar-refractivity contribution in [1.82, 2.24) is 4.90 Å². The van der Waals surface area contributed by atoms with Crippen LogP contribution in [0.15, 0.2) is 59.9 Å². The van der Waals surface area contributed by atoms with Gasteiger partial charge in [0.1, 0.15) is 0 Å². The number of hydrogen-bond donors (Lipinski definition) is 2. The van der Waals surface area contributed by atoms with E-state index in [0.29, 0.717) is 11.5 Å². The van der Waals surface area contributed by atoms with E-state index >= 15 is 0 Å². The number of benzene rings is 2. The van der Waals surface area contributed by atoms with Crippen molar-refractivity contribution < 1.29 is 19.8 Å². The molecule has 0 aliphatic carbocycles. The van der Waals surface area contributed by atoms with E-state index in [1.165, 1.54) is 4.90 Å². The van der Waals surface area contributed by atoms with Gasteiger partial charge in [-0.15, -0.1) is 0 Å². The van der Waals surface area contributed by atoms with Crippen LogP contribution in [0, 0.1) is 6.92 Å². The quantitative estimate of drug-likeness (QED) is 0.725. The molecule has 2 unspecified atom stereocenters. The number of Topliss-reactive ketones (excluding diaryl/α,β-unsaturated/α-hetero) is 1. The molecule has 2 N–H and O–H groups in total. The summed E-state index contributed by atoms with van der Waals surface area (Å²) < 4.78 is 0. The Labute approximate surface area is 171 Å². The Morgan fingerprint density at radius 3 is 2.14 bits per heavy atom. The van der Waals surface area contributed by atoms with Crippen molar-refractivity contribution in [2.75, 3.05) is 6.54 Å². The molecule has 0 aromatic heterocycles. The molecule has 1 heterocycles. The highest BCUT2D eigenvalue weighted by Crippen LogP contribution is 2.39. The molecular formula is C24H27NO4. The number of hydrogen-bond acceptors (Lipinski definition) is 4. The van der Waals surface area contributed by atoms with Crippen LogP contribution in [0.3, 0.4) is 0 Å². The highest BCUT2D eigenvalue weighted by atomic mass is 16.3. The molecule has 3 rings (SSSR count). The van der Waals surface area contributed by atoms with E-state index in [4.69, 9.17) is 0 Å². The first-order chi connectivity index (χ1) is 13.7. The molecule has 1 aliphatic rings. The lowest BCUT2D eigenvalue weighted by Gasteiger charge is -2.28. The van der Waals surface area contributed by atoms with Crippen LogP contribution in [0.1, 0.15) is 59.8 Å². The van der Waals surface area contributed by atoms with Crippen molar-refractivity contribution in [3.63, 3.8) is 0 Å². The maximum Gasteiger partial charge on any atom is 0.290 e. The monoisotopic (exact) mass is 393 g/mol. The highest BCUT2D eigenvalue weighted by Gasteiger charge is 2.44. The van der Waals surface area contributed by atoms with Crippen molar-refractivity contribution in [3.8, 4) is 0 Å². The van der Waals surface area contributed by atoms with E-state index in [9.17, 15) is 19.8 Å². The highest BCUT2D eigenvalue weighted by molar-refractivity contribution is 6.16. The van der Waals surface area contributed by atoms with Crippen LogP contribution >= 0.6 is 0 Å². The van der Waals surface area contributed by atoms with Gasteiger partial charge in [0.05, 0.1) is 17.7 Å². The Kier molecular flexibility index (Phi) is 5.89. The first kappa shape index (κ1) is 20.8. The van der Waals surface area contributed by atoms with Crippen LogP contribution in [0.2, 0.25) is 0 Å². The lowest BCUT2D eigenvalue weighted by molar-refractivity contribution is -0.130. The third kappa shape index (κ3) is 4.10. The smallest absolute Gasteiger partial charge is 0.290 e. The van der Waals surface area contributed by atoms with E-state index in [-0.39, 0.29) is 17.9 Å². The molecule has 1 amide bonds. The van der Waals surface area contributed by atoms with Crippen LogP contribution in [-0.2, 0) is 4.79 Å². The molecule has 2 aromatic rings. The fourth-order valence-corrected chi connectivity index (χ4v) is 3.63. The Morgan fingerprint density at radius 2 is 1.62 bits per heavy atom. The van der Waals surface area contributed by atoms with Gasteiger partial charge in [-0.1, -0.05) is 67.9 Å². The van der Waals surface area contributed by atoms with E-state index in [2.05, 4.69) is 13.8 Å². The van der Waals surface area contributed by atoms with Crippen LogP contribution in [0.5, 0.6) is 0 Å². The summed E-state index contributed by atoms with van der Waals surface area (Å²) in [6, 6.07) is 14.0. The third-order valence-corrected chi connectivity index (χ3v) is 5.24. The van der Waals surface area contributed by atoms with E-state index in [1.807, 2.05) is 43.3 Å². The molecule has 0 saturated heterocycles. The number of amides is 1. The zero-order chi connectivity index (χ0) is 21.3. The zero-order valence-corrected chi connectivity index (χ0v) is 17.2. The second kappa shape index (κ2) is 8.21. The predicted octanol–water partition coefficient (Wildman–Crippen LogP) is 4.08. The predicted molar refractivity (Wildman–Crippen MR) is 112 cm³/mol. The van der Waals surface area contributed by atoms with Gasteiger partial charge in [-0.25, -0.2) is 0 Å². The minimum Gasteiger partial charge on any atom is -0.503 e. The number of carbonyl (C=O) groups excluding carboxylic acids is 2. The zero-order valence-electron chi connectivity index (χ0n) is 17.2. The van der Waals surface area contributed by atoms with E-state index < -0.39 is 23.8 Å². The van der Waals surface area contributed by atoms with Crippen molar-refractivity contribution >= 4 is 11.7 Å². The second-order valence-electron chi connectivity index (χ2n) is 7.99. The summed E-state index contributed by atoms with van der Waals surface area (Å²) in [7, 11) is 0. The summed E-state index contributed by atoms with van der Waals surface area (Å²) in [6.07, 6.45) is -0.794. The number of rotatable bonds is 6. The molecule has 2 aromatic carbocycles. The van der Waals surface area contributed by atoms with Crippen LogP contribution in [0.25, 0.3) is 0 Å². The topological polar surface area (TPSA) is 77.8 Å². The molecule has 2 atom stereocenters. The molecule has 29 heavy (non-hydrogen) atoms. The Morgan fingerprint density at radius 1 is 1.03 bits per heavy atom. The largest absolute Gasteiger partial charge is 0.503 e. The number of carbonyl (C=O) groups is 2. The first-order valence-corrected chi connectivity index (χ1v) is 9.84. The average Bonchev–Trinajstić information content (AvgIpc) is 2.92. The van der Waals surface area contributed by atoms with Crippen molar-refractivity contribution in [2.45, 2.75) is 45.8 Å². The van der Waals surface area contributed by atoms with E-state index in [1.54, 1.807) is 19.1 Å². The number of aliphatic hydroxyl groups is 2. The number of β-amino-alcohol motifs (C(OH)–C–C–N with tert-alkyl or cyclic N) is 1. The van der Waals surface area contributed by atoms with Gasteiger partial charge in [-0.3, -0.25) is 9.59 Å². The molecule has 0 spiro atoms. The second-order valence-corrected chi connectivity index (χ2v) is 7.99. The number of nitrogens with zero attached hydrogens (tertiary/aromatic N) is 1. The molecule has 1 aliphatic heterocycles. The molecule has 152 valence electrons. The Bertz CT molecular complexity index is 940. The standard InChI is InChI=1S/C24H27NO4/c1-14(2)17-9-11-18(12-10-17)21-20(22(27)19-7-5-15(3)6-8-19)23(28)24(29)25(21)13-16(4)26/h5-12,14,16,21,26,28H,13H2,1-4H3. The molecule has 0 bridgehead atoms. The molecule has 0 fully saturated rings. The SMILES string of the molecule is Cc1ccc(C(=O)C2=C(O)C(=O)N(CC(C)O)C2c2ccc(C(C)C)cc2)cc1. The van der Waals surface area contributed by atoms with Gasteiger partial charge in [0.2, 0.25) is 0 Å². The Balaban J connectivity index is 2.08.